The highest BCUT2D eigenvalue weighted by Gasteiger charge is 2.21. The van der Waals surface area contributed by atoms with Crippen molar-refractivity contribution in [3.05, 3.63) is 46.6 Å². The number of carbonyl (C=O) groups is 1. The van der Waals surface area contributed by atoms with Gasteiger partial charge in [0.1, 0.15) is 6.04 Å². The maximum absolute atomic E-state index is 12.0. The Morgan fingerprint density at radius 2 is 2.23 bits per heavy atom. The standard InChI is InChI=1S/C14H13ClN4O2S/c1-9-17-14(19-21-9)13(10-2-4-11(15)5-3-10)18-12(20)8-22-7-6-16/h2-5,13H,7-8H2,1H3,(H,18,20)/t13-/m0/s1. The van der Waals surface area contributed by atoms with E-state index in [9.17, 15) is 4.79 Å². The summed E-state index contributed by atoms with van der Waals surface area (Å²) < 4.78 is 4.98. The Bertz CT molecular complexity index is 681. The van der Waals surface area contributed by atoms with E-state index >= 15 is 0 Å². The summed E-state index contributed by atoms with van der Waals surface area (Å²) in [5, 5.41) is 15.8. The lowest BCUT2D eigenvalue weighted by Gasteiger charge is -2.15. The Morgan fingerprint density at radius 1 is 1.50 bits per heavy atom. The number of carbonyl (C=O) groups excluding carboxylic acids is 1. The van der Waals surface area contributed by atoms with Crippen LogP contribution in [0.15, 0.2) is 28.8 Å². The average Bonchev–Trinajstić information content (AvgIpc) is 2.92. The van der Waals surface area contributed by atoms with Crippen LogP contribution in [0.1, 0.15) is 23.3 Å². The first-order valence-corrected chi connectivity index (χ1v) is 7.93. The molecule has 0 saturated carbocycles. The Kier molecular flexibility index (Phi) is 5.81. The molecule has 0 aliphatic rings. The minimum Gasteiger partial charge on any atom is -0.341 e. The van der Waals surface area contributed by atoms with Gasteiger partial charge in [0, 0.05) is 11.9 Å². The van der Waals surface area contributed by atoms with Crippen molar-refractivity contribution in [3.63, 3.8) is 0 Å². The molecule has 22 heavy (non-hydrogen) atoms. The first kappa shape index (κ1) is 16.3. The van der Waals surface area contributed by atoms with Crippen molar-refractivity contribution in [1.82, 2.24) is 15.5 Å². The summed E-state index contributed by atoms with van der Waals surface area (Å²) in [6.45, 7) is 1.68. The molecule has 0 bridgehead atoms. The summed E-state index contributed by atoms with van der Waals surface area (Å²) in [7, 11) is 0. The van der Waals surface area contributed by atoms with Crippen molar-refractivity contribution in [2.45, 2.75) is 13.0 Å². The lowest BCUT2D eigenvalue weighted by Crippen LogP contribution is -2.31. The number of hydrogen-bond donors (Lipinski definition) is 1. The van der Waals surface area contributed by atoms with E-state index in [2.05, 4.69) is 15.5 Å². The maximum atomic E-state index is 12.0. The van der Waals surface area contributed by atoms with E-state index in [1.807, 2.05) is 6.07 Å². The molecule has 1 amide bonds. The van der Waals surface area contributed by atoms with E-state index in [4.69, 9.17) is 21.4 Å². The molecular formula is C14H13ClN4O2S. The van der Waals surface area contributed by atoms with Gasteiger partial charge in [0.2, 0.25) is 11.8 Å². The maximum Gasteiger partial charge on any atom is 0.230 e. The number of halogens is 1. The van der Waals surface area contributed by atoms with Crippen molar-refractivity contribution in [1.29, 1.82) is 5.26 Å². The predicted molar refractivity (Wildman–Crippen MR) is 83.4 cm³/mol. The van der Waals surface area contributed by atoms with E-state index in [-0.39, 0.29) is 17.4 Å². The number of hydrogen-bond acceptors (Lipinski definition) is 6. The second kappa shape index (κ2) is 7.82. The van der Waals surface area contributed by atoms with Crippen LogP contribution in [0.25, 0.3) is 0 Å². The Morgan fingerprint density at radius 3 is 2.82 bits per heavy atom. The monoisotopic (exact) mass is 336 g/mol. The summed E-state index contributed by atoms with van der Waals surface area (Å²) in [5.74, 6) is 1.04. The molecule has 114 valence electrons. The normalized spacial score (nSPS) is 11.7. The molecule has 0 spiro atoms. The van der Waals surface area contributed by atoms with Gasteiger partial charge in [0.25, 0.3) is 0 Å². The van der Waals surface area contributed by atoms with Gasteiger partial charge < -0.3 is 9.84 Å². The third-order valence-electron chi connectivity index (χ3n) is 2.71. The highest BCUT2D eigenvalue weighted by Crippen LogP contribution is 2.22. The molecule has 2 rings (SSSR count). The van der Waals surface area contributed by atoms with Crippen molar-refractivity contribution in [3.8, 4) is 6.07 Å². The molecule has 0 saturated heterocycles. The van der Waals surface area contributed by atoms with E-state index in [0.29, 0.717) is 16.7 Å². The van der Waals surface area contributed by atoms with Crippen molar-refractivity contribution in [2.75, 3.05) is 11.5 Å². The Hall–Kier alpha value is -2.04. The molecule has 1 aromatic heterocycles. The summed E-state index contributed by atoms with van der Waals surface area (Å²) in [6.07, 6.45) is 0. The second-order valence-electron chi connectivity index (χ2n) is 4.37. The molecule has 8 heteroatoms. The first-order chi connectivity index (χ1) is 10.6. The highest BCUT2D eigenvalue weighted by molar-refractivity contribution is 8.00. The van der Waals surface area contributed by atoms with Gasteiger partial charge in [0.05, 0.1) is 17.6 Å². The highest BCUT2D eigenvalue weighted by atomic mass is 35.5. The topological polar surface area (TPSA) is 91.8 Å². The number of nitriles is 1. The lowest BCUT2D eigenvalue weighted by atomic mass is 10.1. The summed E-state index contributed by atoms with van der Waals surface area (Å²) in [5.41, 5.74) is 0.795. The number of amides is 1. The van der Waals surface area contributed by atoms with Crippen LogP contribution in [0.5, 0.6) is 0 Å². The summed E-state index contributed by atoms with van der Waals surface area (Å²) >= 11 is 7.13. The fourth-order valence-electron chi connectivity index (χ4n) is 1.78. The third-order valence-corrected chi connectivity index (χ3v) is 3.76. The SMILES string of the molecule is Cc1nc([C@@H](NC(=O)CSCC#N)c2ccc(Cl)cc2)no1. The number of nitrogens with zero attached hydrogens (tertiary/aromatic N) is 3. The predicted octanol–water partition coefficient (Wildman–Crippen LogP) is 2.49. The fourth-order valence-corrected chi connectivity index (χ4v) is 2.36. The smallest absolute Gasteiger partial charge is 0.230 e. The van der Waals surface area contributed by atoms with Gasteiger partial charge in [-0.25, -0.2) is 0 Å². The number of thioether (sulfide) groups is 1. The molecule has 0 fully saturated rings. The minimum absolute atomic E-state index is 0.189. The molecule has 1 N–H and O–H groups in total. The van der Waals surface area contributed by atoms with Crippen molar-refractivity contribution >= 4 is 29.3 Å². The summed E-state index contributed by atoms with van der Waals surface area (Å²) in [4.78, 5) is 16.2. The van der Waals surface area contributed by atoms with Crippen LogP contribution in [0.2, 0.25) is 5.02 Å². The molecule has 1 atom stereocenters. The zero-order chi connectivity index (χ0) is 15.9. The van der Waals surface area contributed by atoms with Crippen LogP contribution >= 0.6 is 23.4 Å². The number of rotatable bonds is 6. The first-order valence-electron chi connectivity index (χ1n) is 6.40. The van der Waals surface area contributed by atoms with E-state index < -0.39 is 6.04 Å². The van der Waals surface area contributed by atoms with Gasteiger partial charge in [-0.15, -0.1) is 11.8 Å². The van der Waals surface area contributed by atoms with Crippen LogP contribution in [0.4, 0.5) is 0 Å². The second-order valence-corrected chi connectivity index (χ2v) is 5.80. The number of nitrogens with one attached hydrogen (secondary N) is 1. The Labute approximate surface area is 136 Å². The van der Waals surface area contributed by atoms with E-state index in [0.717, 1.165) is 5.56 Å². The molecule has 0 aliphatic heterocycles. The molecule has 2 aromatic rings. The molecular weight excluding hydrogens is 324 g/mol. The molecule has 0 radical (unpaired) electrons. The van der Waals surface area contributed by atoms with Gasteiger partial charge in [-0.1, -0.05) is 28.9 Å². The lowest BCUT2D eigenvalue weighted by molar-refractivity contribution is -0.119. The van der Waals surface area contributed by atoms with Crippen LogP contribution in [0, 0.1) is 18.3 Å². The fraction of sp³-hybridized carbons (Fsp3) is 0.286. The molecule has 6 nitrogen and oxygen atoms in total. The zero-order valence-electron chi connectivity index (χ0n) is 11.7. The van der Waals surface area contributed by atoms with Gasteiger partial charge in [0.15, 0.2) is 5.82 Å². The van der Waals surface area contributed by atoms with Gasteiger partial charge in [-0.2, -0.15) is 10.2 Å². The number of benzene rings is 1. The third kappa shape index (κ3) is 4.48. The largest absolute Gasteiger partial charge is 0.341 e. The van der Waals surface area contributed by atoms with Crippen molar-refractivity contribution in [2.24, 2.45) is 0 Å². The quantitative estimate of drug-likeness (QED) is 0.815. The Balaban J connectivity index is 2.17. The molecule has 0 aliphatic carbocycles. The average molecular weight is 337 g/mol. The number of aryl methyl sites for hydroxylation is 1. The van der Waals surface area contributed by atoms with Gasteiger partial charge in [-0.3, -0.25) is 4.79 Å². The zero-order valence-corrected chi connectivity index (χ0v) is 13.3. The molecule has 0 unspecified atom stereocenters. The minimum atomic E-state index is -0.523. The van der Waals surface area contributed by atoms with Crippen LogP contribution < -0.4 is 5.32 Å². The van der Waals surface area contributed by atoms with E-state index in [1.165, 1.54) is 11.8 Å². The molecule has 1 aromatic carbocycles. The van der Waals surface area contributed by atoms with E-state index in [1.54, 1.807) is 31.2 Å². The van der Waals surface area contributed by atoms with Gasteiger partial charge >= 0.3 is 0 Å². The van der Waals surface area contributed by atoms with Gasteiger partial charge in [-0.05, 0) is 17.7 Å². The molecule has 1 heterocycles. The summed E-state index contributed by atoms with van der Waals surface area (Å²) in [6, 6.07) is 8.50. The van der Waals surface area contributed by atoms with Crippen LogP contribution in [0.3, 0.4) is 0 Å². The number of aromatic nitrogens is 2. The van der Waals surface area contributed by atoms with Crippen molar-refractivity contribution < 1.29 is 9.32 Å². The van der Waals surface area contributed by atoms with Crippen LogP contribution in [-0.2, 0) is 4.79 Å². The van der Waals surface area contributed by atoms with Crippen LogP contribution in [-0.4, -0.2) is 27.6 Å².